The van der Waals surface area contributed by atoms with Crippen LogP contribution < -0.4 is 0 Å². The summed E-state index contributed by atoms with van der Waals surface area (Å²) < 4.78 is 0. The van der Waals surface area contributed by atoms with Gasteiger partial charge in [0.05, 0.1) is 10.9 Å². The number of rotatable bonds is 12. The number of isothiocyanates is 1. The van der Waals surface area contributed by atoms with Crippen molar-refractivity contribution in [2.45, 2.75) is 51.4 Å². The number of hydrogen-bond acceptors (Lipinski definition) is 9. The molecule has 5 amide bonds. The lowest BCUT2D eigenvalue weighted by molar-refractivity contribution is -0.186. The van der Waals surface area contributed by atoms with E-state index in [2.05, 4.69) is 29.0 Å². The van der Waals surface area contributed by atoms with Crippen LogP contribution in [0.2, 0.25) is 0 Å². The fourth-order valence-electron chi connectivity index (χ4n) is 3.42. The number of unbranched alkanes of at least 4 members (excludes halogenated alkanes) is 3. The normalized spacial score (nSPS) is 16.6. The SMILES string of the molecule is C=C1CCC(=O)N1OC(=O)CCCCCN1C(=O)C=CC1=O.O=C1C=CC(=O)N1CCCCN=C=S. The van der Waals surface area contributed by atoms with Crippen LogP contribution in [0, 0.1) is 0 Å². The molecule has 11 nitrogen and oxygen atoms in total. The third kappa shape index (κ3) is 8.79. The van der Waals surface area contributed by atoms with Crippen molar-refractivity contribution >= 4 is 52.9 Å². The molecule has 3 heterocycles. The van der Waals surface area contributed by atoms with E-state index in [0.717, 1.165) is 17.9 Å². The van der Waals surface area contributed by atoms with Crippen molar-refractivity contribution in [1.29, 1.82) is 0 Å². The second-order valence-corrected chi connectivity index (χ2v) is 8.21. The number of amides is 5. The van der Waals surface area contributed by atoms with Crippen LogP contribution >= 0.6 is 12.2 Å². The Morgan fingerprint density at radius 1 is 0.861 bits per heavy atom. The zero-order valence-corrected chi connectivity index (χ0v) is 20.7. The molecule has 36 heavy (non-hydrogen) atoms. The van der Waals surface area contributed by atoms with Crippen LogP contribution in [-0.2, 0) is 33.6 Å². The van der Waals surface area contributed by atoms with Gasteiger partial charge in [-0.1, -0.05) is 13.0 Å². The summed E-state index contributed by atoms with van der Waals surface area (Å²) in [6.45, 7) is 5.07. The maximum Gasteiger partial charge on any atom is 0.333 e. The zero-order valence-electron chi connectivity index (χ0n) is 19.8. The number of imide groups is 2. The summed E-state index contributed by atoms with van der Waals surface area (Å²) in [4.78, 5) is 78.9. The van der Waals surface area contributed by atoms with Crippen LogP contribution in [0.1, 0.15) is 51.4 Å². The molecular weight excluding hydrogens is 488 g/mol. The van der Waals surface area contributed by atoms with E-state index in [1.54, 1.807) is 0 Å². The molecule has 0 saturated carbocycles. The fourth-order valence-corrected chi connectivity index (χ4v) is 3.51. The monoisotopic (exact) mass is 516 g/mol. The van der Waals surface area contributed by atoms with Crippen molar-refractivity contribution in [1.82, 2.24) is 14.9 Å². The Morgan fingerprint density at radius 3 is 1.86 bits per heavy atom. The van der Waals surface area contributed by atoms with Gasteiger partial charge in [-0.2, -0.15) is 0 Å². The third-order valence-electron chi connectivity index (χ3n) is 5.36. The van der Waals surface area contributed by atoms with Crippen molar-refractivity contribution < 1.29 is 33.6 Å². The minimum Gasteiger partial charge on any atom is -0.334 e. The van der Waals surface area contributed by atoms with Crippen LogP contribution in [0.4, 0.5) is 0 Å². The van der Waals surface area contributed by atoms with Gasteiger partial charge in [-0.3, -0.25) is 33.8 Å². The highest BCUT2D eigenvalue weighted by Crippen LogP contribution is 2.21. The predicted octanol–water partition coefficient (Wildman–Crippen LogP) is 1.86. The van der Waals surface area contributed by atoms with Crippen LogP contribution in [0.25, 0.3) is 0 Å². The first-order valence-electron chi connectivity index (χ1n) is 11.6. The van der Waals surface area contributed by atoms with Gasteiger partial charge in [0.25, 0.3) is 29.5 Å². The molecule has 192 valence electrons. The highest BCUT2D eigenvalue weighted by atomic mass is 32.1. The quantitative estimate of drug-likeness (QED) is 0.166. The van der Waals surface area contributed by atoms with Crippen molar-refractivity contribution in [2.24, 2.45) is 4.99 Å². The van der Waals surface area contributed by atoms with Crippen molar-refractivity contribution in [3.05, 3.63) is 36.6 Å². The molecule has 0 spiro atoms. The van der Waals surface area contributed by atoms with Crippen molar-refractivity contribution in [3.63, 3.8) is 0 Å². The van der Waals surface area contributed by atoms with Gasteiger partial charge in [-0.25, -0.2) is 9.79 Å². The highest BCUT2D eigenvalue weighted by Gasteiger charge is 2.28. The molecule has 0 unspecified atom stereocenters. The minimum absolute atomic E-state index is 0.178. The lowest BCUT2D eigenvalue weighted by Crippen LogP contribution is -2.30. The zero-order chi connectivity index (χ0) is 26.5. The smallest absolute Gasteiger partial charge is 0.333 e. The van der Waals surface area contributed by atoms with Gasteiger partial charge in [0, 0.05) is 56.8 Å². The summed E-state index contributed by atoms with van der Waals surface area (Å²) in [5.41, 5.74) is 0.497. The number of hydroxylamine groups is 2. The Balaban J connectivity index is 0.000000281. The Kier molecular flexibility index (Phi) is 11.5. The molecule has 0 bridgehead atoms. The molecule has 0 aromatic heterocycles. The maximum atomic E-state index is 11.6. The van der Waals surface area contributed by atoms with Gasteiger partial charge in [-0.05, 0) is 44.3 Å². The molecule has 0 aliphatic carbocycles. The number of thiocarbonyl (C=S) groups is 1. The van der Waals surface area contributed by atoms with E-state index in [-0.39, 0.29) is 36.0 Å². The van der Waals surface area contributed by atoms with E-state index in [9.17, 15) is 28.8 Å². The van der Waals surface area contributed by atoms with Gasteiger partial charge in [0.15, 0.2) is 0 Å². The predicted molar refractivity (Wildman–Crippen MR) is 131 cm³/mol. The molecule has 12 heteroatoms. The first-order chi connectivity index (χ1) is 17.2. The molecule has 0 aromatic carbocycles. The summed E-state index contributed by atoms with van der Waals surface area (Å²) in [5, 5.41) is 3.23. The maximum absolute atomic E-state index is 11.6. The van der Waals surface area contributed by atoms with E-state index in [1.165, 1.54) is 34.1 Å². The van der Waals surface area contributed by atoms with Gasteiger partial charge < -0.3 is 4.84 Å². The Labute approximate surface area is 214 Å². The molecule has 1 saturated heterocycles. The Bertz CT molecular complexity index is 977. The van der Waals surface area contributed by atoms with Crippen LogP contribution in [0.3, 0.4) is 0 Å². The van der Waals surface area contributed by atoms with Gasteiger partial charge >= 0.3 is 5.97 Å². The van der Waals surface area contributed by atoms with E-state index in [0.29, 0.717) is 57.4 Å². The Hall–Kier alpha value is -3.76. The number of hydrogen-bond donors (Lipinski definition) is 0. The highest BCUT2D eigenvalue weighted by molar-refractivity contribution is 7.78. The molecule has 3 rings (SSSR count). The number of carbonyl (C=O) groups is 6. The summed E-state index contributed by atoms with van der Waals surface area (Å²) in [6, 6.07) is 0. The number of nitrogens with zero attached hydrogens (tertiary/aromatic N) is 4. The average molecular weight is 517 g/mol. The molecule has 0 atom stereocenters. The summed E-state index contributed by atoms with van der Waals surface area (Å²) in [6.07, 6.45) is 9.52. The van der Waals surface area contributed by atoms with Gasteiger partial charge in [0.1, 0.15) is 0 Å². The molecule has 1 fully saturated rings. The number of carbonyl (C=O) groups excluding carboxylic acids is 6. The lowest BCUT2D eigenvalue weighted by atomic mass is 10.2. The number of allylic oxidation sites excluding steroid dienone is 1. The Morgan fingerprint density at radius 2 is 1.39 bits per heavy atom. The average Bonchev–Trinajstić information content (AvgIpc) is 3.46. The third-order valence-corrected chi connectivity index (χ3v) is 5.49. The standard InChI is InChI=1S/C15H18N2O5.C9H10N2O2S/c1-11-6-7-14(20)17(11)22-15(21)5-3-2-4-10-16-12(18)8-9-13(16)19;12-8-3-4-9(13)11(8)6-2-1-5-10-7-14/h8-9H,1-7,10H2;3-4H,1-2,5-6H2. The topological polar surface area (TPSA) is 134 Å². The molecular formula is C24H28N4O7S. The largest absolute Gasteiger partial charge is 0.334 e. The second-order valence-electron chi connectivity index (χ2n) is 8.03. The van der Waals surface area contributed by atoms with Gasteiger partial charge in [-0.15, -0.1) is 5.06 Å². The molecule has 3 aliphatic heterocycles. The van der Waals surface area contributed by atoms with Crippen molar-refractivity contribution in [3.8, 4) is 0 Å². The van der Waals surface area contributed by atoms with Crippen LogP contribution in [0.15, 0.2) is 41.6 Å². The van der Waals surface area contributed by atoms with E-state index in [4.69, 9.17) is 4.84 Å². The summed E-state index contributed by atoms with van der Waals surface area (Å²) in [5.74, 6) is -1.78. The first kappa shape index (κ1) is 28.5. The van der Waals surface area contributed by atoms with Crippen LogP contribution in [0.5, 0.6) is 0 Å². The minimum atomic E-state index is -0.480. The molecule has 0 N–H and O–H groups in total. The summed E-state index contributed by atoms with van der Waals surface area (Å²) >= 11 is 4.40. The number of aliphatic imine (C=N–C) groups is 1. The van der Waals surface area contributed by atoms with E-state index < -0.39 is 5.97 Å². The van der Waals surface area contributed by atoms with Gasteiger partial charge in [0.2, 0.25) is 0 Å². The van der Waals surface area contributed by atoms with E-state index >= 15 is 0 Å². The van der Waals surface area contributed by atoms with Crippen molar-refractivity contribution in [2.75, 3.05) is 19.6 Å². The second kappa shape index (κ2) is 14.6. The fraction of sp³-hybridized carbons (Fsp3) is 0.458. The molecule has 0 aromatic rings. The molecule has 0 radical (unpaired) electrons. The summed E-state index contributed by atoms with van der Waals surface area (Å²) in [7, 11) is 0. The lowest BCUT2D eigenvalue weighted by Gasteiger charge is -2.16. The van der Waals surface area contributed by atoms with Crippen LogP contribution in [-0.4, -0.2) is 75.2 Å². The molecule has 3 aliphatic rings. The van der Waals surface area contributed by atoms with E-state index in [1.807, 2.05) is 0 Å². The first-order valence-corrected chi connectivity index (χ1v) is 12.0.